The van der Waals surface area contributed by atoms with E-state index in [1.807, 2.05) is 13.8 Å². The predicted octanol–water partition coefficient (Wildman–Crippen LogP) is 4.25. The van der Waals surface area contributed by atoms with Crippen LogP contribution in [0.1, 0.15) is 53.0 Å². The number of hydrogen-bond acceptors (Lipinski definition) is 6. The van der Waals surface area contributed by atoms with Crippen LogP contribution in [0.4, 0.5) is 5.69 Å². The molecule has 0 radical (unpaired) electrons. The number of carbonyl (C=O) groups is 3. The minimum absolute atomic E-state index is 0.160. The van der Waals surface area contributed by atoms with E-state index in [2.05, 4.69) is 21.2 Å². The summed E-state index contributed by atoms with van der Waals surface area (Å²) in [6.45, 7) is 9.01. The van der Waals surface area contributed by atoms with Crippen LogP contribution < -0.4 is 5.32 Å². The van der Waals surface area contributed by atoms with Gasteiger partial charge in [-0.3, -0.25) is 19.8 Å². The number of hydrogen-bond donors (Lipinski definition) is 2. The zero-order chi connectivity index (χ0) is 22.9. The molecule has 164 valence electrons. The van der Waals surface area contributed by atoms with Gasteiger partial charge in [0.05, 0.1) is 5.57 Å². The minimum Gasteiger partial charge on any atom is -0.459 e. The molecule has 0 saturated heterocycles. The smallest absolute Gasteiger partial charge is 0.320 e. The molecule has 7 nitrogen and oxygen atoms in total. The van der Waals surface area contributed by atoms with Crippen molar-refractivity contribution in [1.29, 1.82) is 5.41 Å². The van der Waals surface area contributed by atoms with Crippen LogP contribution in [0.15, 0.2) is 34.0 Å². The highest BCUT2D eigenvalue weighted by Crippen LogP contribution is 2.56. The molecular formula is C23H25BrN2O5. The molecule has 8 heteroatoms. The van der Waals surface area contributed by atoms with Crippen LogP contribution in [0.2, 0.25) is 0 Å². The Hall–Kier alpha value is -2.48. The lowest BCUT2D eigenvalue weighted by molar-refractivity contribution is -0.161. The Morgan fingerprint density at radius 1 is 1.26 bits per heavy atom. The molecule has 1 aromatic carbocycles. The predicted molar refractivity (Wildman–Crippen MR) is 118 cm³/mol. The number of anilines is 1. The number of rotatable bonds is 1. The van der Waals surface area contributed by atoms with Gasteiger partial charge in [0, 0.05) is 23.0 Å². The zero-order valence-electron chi connectivity index (χ0n) is 18.1. The average Bonchev–Trinajstić information content (AvgIpc) is 2.84. The van der Waals surface area contributed by atoms with E-state index in [1.165, 1.54) is 0 Å². The van der Waals surface area contributed by atoms with Crippen LogP contribution in [-0.2, 0) is 29.3 Å². The topological polar surface area (TPSA) is 106 Å². The quantitative estimate of drug-likeness (QED) is 0.574. The second-order valence-corrected chi connectivity index (χ2v) is 11.0. The highest BCUT2D eigenvalue weighted by molar-refractivity contribution is 9.10. The first-order valence-corrected chi connectivity index (χ1v) is 10.9. The molecule has 2 heterocycles. The Bertz CT molecular complexity index is 1080. The molecule has 0 fully saturated rings. The van der Waals surface area contributed by atoms with E-state index in [0.29, 0.717) is 22.1 Å². The van der Waals surface area contributed by atoms with Crippen molar-refractivity contribution in [2.24, 2.45) is 11.3 Å². The lowest BCUT2D eigenvalue weighted by Crippen LogP contribution is -2.57. The number of ether oxygens (including phenoxy) is 2. The summed E-state index contributed by atoms with van der Waals surface area (Å²) in [6.07, 6.45) is 0.595. The van der Waals surface area contributed by atoms with Crippen LogP contribution in [0.5, 0.6) is 0 Å². The van der Waals surface area contributed by atoms with E-state index in [1.54, 1.807) is 39.0 Å². The first-order chi connectivity index (χ1) is 14.3. The normalized spacial score (nSPS) is 26.9. The molecule has 1 aliphatic carbocycles. The summed E-state index contributed by atoms with van der Waals surface area (Å²) >= 11 is 3.44. The first-order valence-electron chi connectivity index (χ1n) is 10.1. The third-order valence-corrected chi connectivity index (χ3v) is 6.31. The van der Waals surface area contributed by atoms with Crippen molar-refractivity contribution in [3.05, 3.63) is 39.6 Å². The summed E-state index contributed by atoms with van der Waals surface area (Å²) in [5.74, 6) is -3.06. The van der Waals surface area contributed by atoms with Gasteiger partial charge in [0.25, 0.3) is 0 Å². The second-order valence-electron chi connectivity index (χ2n) is 10.1. The largest absolute Gasteiger partial charge is 0.459 e. The van der Waals surface area contributed by atoms with Gasteiger partial charge in [-0.1, -0.05) is 29.8 Å². The standard InChI is InChI=1S/C23H25BrN2O5/c1-21(2,3)31-19(28)17-18(25)30-15-10-22(4,5)9-14(27)16(15)23(17)12-8-11(24)6-7-13(12)26-20(23)29/h6-8,17,25H,9-10H2,1-5H3,(H,26,29). The van der Waals surface area contributed by atoms with E-state index < -0.39 is 28.8 Å². The number of carbonyl (C=O) groups excluding carboxylic acids is 3. The van der Waals surface area contributed by atoms with Crippen molar-refractivity contribution < 1.29 is 23.9 Å². The fourth-order valence-electron chi connectivity index (χ4n) is 4.80. The molecule has 2 aliphatic heterocycles. The lowest BCUT2D eigenvalue weighted by atomic mass is 9.59. The molecule has 0 bridgehead atoms. The van der Waals surface area contributed by atoms with Crippen molar-refractivity contribution >= 4 is 45.2 Å². The van der Waals surface area contributed by atoms with Gasteiger partial charge in [0.1, 0.15) is 16.8 Å². The third-order valence-electron chi connectivity index (χ3n) is 5.81. The highest BCUT2D eigenvalue weighted by Gasteiger charge is 2.66. The van der Waals surface area contributed by atoms with Crippen molar-refractivity contribution in [3.63, 3.8) is 0 Å². The number of allylic oxidation sites excluding steroid dienone is 1. The van der Waals surface area contributed by atoms with Crippen LogP contribution in [0.25, 0.3) is 0 Å². The summed E-state index contributed by atoms with van der Waals surface area (Å²) in [4.78, 5) is 40.5. The summed E-state index contributed by atoms with van der Waals surface area (Å²) in [5, 5.41) is 11.4. The molecule has 2 unspecified atom stereocenters. The molecule has 2 N–H and O–H groups in total. The molecule has 1 aromatic rings. The molecule has 0 saturated carbocycles. The van der Waals surface area contributed by atoms with E-state index in [0.717, 1.165) is 0 Å². The molecule has 0 aromatic heterocycles. The average molecular weight is 489 g/mol. The SMILES string of the molecule is CC1(C)CC(=O)C2=C(C1)OC(=N)C(C(=O)OC(C)(C)C)C21C(=O)Nc2ccc(Br)cc21. The van der Waals surface area contributed by atoms with Gasteiger partial charge >= 0.3 is 5.97 Å². The summed E-state index contributed by atoms with van der Waals surface area (Å²) in [7, 11) is 0. The Balaban J connectivity index is 2.04. The summed E-state index contributed by atoms with van der Waals surface area (Å²) in [5.41, 5.74) is -1.81. The molecule has 3 aliphatic rings. The molecule has 31 heavy (non-hydrogen) atoms. The maximum Gasteiger partial charge on any atom is 0.320 e. The van der Waals surface area contributed by atoms with Crippen LogP contribution in [0.3, 0.4) is 0 Å². The number of amides is 1. The van der Waals surface area contributed by atoms with Crippen LogP contribution >= 0.6 is 15.9 Å². The molecule has 1 amide bonds. The molecule has 1 spiro atoms. The second kappa shape index (κ2) is 6.76. The van der Waals surface area contributed by atoms with E-state index in [-0.39, 0.29) is 34.8 Å². The van der Waals surface area contributed by atoms with Crippen LogP contribution in [-0.4, -0.2) is 29.2 Å². The van der Waals surface area contributed by atoms with Gasteiger partial charge in [-0.05, 0) is 49.9 Å². The van der Waals surface area contributed by atoms with Crippen molar-refractivity contribution in [3.8, 4) is 0 Å². The molecular weight excluding hydrogens is 464 g/mol. The highest BCUT2D eigenvalue weighted by atomic mass is 79.9. The van der Waals surface area contributed by atoms with Gasteiger partial charge in [-0.2, -0.15) is 0 Å². The van der Waals surface area contributed by atoms with Gasteiger partial charge in [-0.15, -0.1) is 0 Å². The Morgan fingerprint density at radius 2 is 1.94 bits per heavy atom. The number of ketones is 1. The number of Topliss-reactive ketones (excluding diaryl/α,β-unsaturated/α-hetero) is 1. The van der Waals surface area contributed by atoms with Crippen molar-refractivity contribution in [2.75, 3.05) is 5.32 Å². The Kier molecular flexibility index (Phi) is 4.74. The fraction of sp³-hybridized carbons (Fsp3) is 0.478. The maximum absolute atomic E-state index is 13.6. The molecule has 2 atom stereocenters. The fourth-order valence-corrected chi connectivity index (χ4v) is 5.16. The third kappa shape index (κ3) is 3.32. The number of esters is 1. The van der Waals surface area contributed by atoms with E-state index >= 15 is 0 Å². The zero-order valence-corrected chi connectivity index (χ0v) is 19.7. The monoisotopic (exact) mass is 488 g/mol. The van der Waals surface area contributed by atoms with Crippen LogP contribution in [0, 0.1) is 16.7 Å². The van der Waals surface area contributed by atoms with Gasteiger partial charge in [0.15, 0.2) is 11.7 Å². The van der Waals surface area contributed by atoms with Gasteiger partial charge < -0.3 is 14.8 Å². The number of fused-ring (bicyclic) bond motifs is 3. The summed E-state index contributed by atoms with van der Waals surface area (Å²) in [6, 6.07) is 5.21. The maximum atomic E-state index is 13.6. The van der Waals surface area contributed by atoms with Crippen molar-refractivity contribution in [1.82, 2.24) is 0 Å². The Morgan fingerprint density at radius 3 is 2.58 bits per heavy atom. The van der Waals surface area contributed by atoms with E-state index in [9.17, 15) is 14.4 Å². The van der Waals surface area contributed by atoms with Gasteiger partial charge in [-0.25, -0.2) is 0 Å². The number of benzene rings is 1. The van der Waals surface area contributed by atoms with Crippen molar-refractivity contribution in [2.45, 2.75) is 58.5 Å². The number of nitrogens with one attached hydrogen (secondary N) is 2. The molecule has 4 rings (SSSR count). The number of halogens is 1. The van der Waals surface area contributed by atoms with Gasteiger partial charge in [0.2, 0.25) is 11.8 Å². The lowest BCUT2D eigenvalue weighted by Gasteiger charge is -2.45. The summed E-state index contributed by atoms with van der Waals surface area (Å²) < 4.78 is 12.1. The minimum atomic E-state index is -1.71. The van der Waals surface area contributed by atoms with E-state index in [4.69, 9.17) is 14.9 Å². The Labute approximate surface area is 189 Å². The first kappa shape index (κ1) is 21.7.